The largest absolute Gasteiger partial charge is 0.453 e. The Morgan fingerprint density at radius 1 is 0.820 bits per heavy atom. The monoisotopic (exact) mass is 935 g/mol. The lowest BCUT2D eigenvalue weighted by Crippen LogP contribution is -2.51. The number of hydrogen-bond donors (Lipinski definition) is 3. The van der Waals surface area contributed by atoms with Crippen LogP contribution in [0, 0.1) is 40.4 Å². The number of nitrogens with zero attached hydrogens (tertiary/aromatic N) is 4. The molecule has 0 radical (unpaired) electrons. The van der Waals surface area contributed by atoms with Crippen molar-refractivity contribution in [3.63, 3.8) is 0 Å². The molecule has 18 heteroatoms. The van der Waals surface area contributed by atoms with Crippen LogP contribution < -0.4 is 5.32 Å². The molecule has 0 unspecified atom stereocenters. The number of aromatic nitrogens is 4. The van der Waals surface area contributed by atoms with Crippen molar-refractivity contribution in [2.24, 2.45) is 28.6 Å². The molecule has 2 saturated carbocycles. The van der Waals surface area contributed by atoms with Crippen molar-refractivity contribution >= 4 is 96.4 Å². The Balaban J connectivity index is 0.00000198. The summed E-state index contributed by atoms with van der Waals surface area (Å²) in [5.41, 5.74) is 3.80. The number of rotatable bonds is 8. The van der Waals surface area contributed by atoms with Crippen molar-refractivity contribution in [3.8, 4) is 23.1 Å². The molecule has 11 nitrogen and oxygen atoms in total. The predicted molar refractivity (Wildman–Crippen MR) is 258 cm³/mol. The van der Waals surface area contributed by atoms with Gasteiger partial charge in [-0.3, -0.25) is 9.59 Å². The lowest BCUT2D eigenvalue weighted by Gasteiger charge is -2.30. The first-order chi connectivity index (χ1) is 26.6. The number of benzene rings is 2. The number of alkyl carbamates (subject to hydrolysis) is 1. The molecular formula is C43H59F2N7O4S5. The van der Waals surface area contributed by atoms with Gasteiger partial charge in [0.2, 0.25) is 11.8 Å². The molecular weight excluding hydrogens is 877 g/mol. The van der Waals surface area contributed by atoms with Crippen LogP contribution in [0.4, 0.5) is 13.6 Å². The van der Waals surface area contributed by atoms with Crippen molar-refractivity contribution in [1.82, 2.24) is 35.1 Å². The van der Waals surface area contributed by atoms with Gasteiger partial charge in [0.25, 0.3) is 5.92 Å². The molecule has 3 N–H and O–H groups in total. The van der Waals surface area contributed by atoms with E-state index in [1.165, 1.54) is 12.0 Å². The SMILES string of the molecule is COC(=O)N[C@H](C(=O)N1C[C@]2(C[C@H]1c1ncc(-c3ccc(C#Cc4ccc5nc([C@@H]6CC7(CC7)CN6C(=O)[C@@H](C)C(C)C)[nH]c5c4)cc3)[nH]1)CC2(F)F)C(C)C.S.S.S.S.S. The molecule has 3 amide bonds. The van der Waals surface area contributed by atoms with Gasteiger partial charge in [0.1, 0.15) is 17.7 Å². The number of alkyl halides is 2. The second-order valence-electron chi connectivity index (χ2n) is 17.3. The van der Waals surface area contributed by atoms with Crippen molar-refractivity contribution in [2.75, 3.05) is 20.2 Å². The lowest BCUT2D eigenvalue weighted by atomic mass is 9.96. The number of likely N-dealkylation sites (tertiary alicyclic amines) is 2. The summed E-state index contributed by atoms with van der Waals surface area (Å²) in [5, 5.41) is 2.58. The summed E-state index contributed by atoms with van der Waals surface area (Å²) < 4.78 is 34.1. The number of ether oxygens (including phenoxy) is 1. The molecule has 4 aromatic rings. The Hall–Kier alpha value is -3.50. The third-order valence-electron chi connectivity index (χ3n) is 12.7. The molecule has 2 aromatic heterocycles. The van der Waals surface area contributed by atoms with Gasteiger partial charge in [-0.1, -0.05) is 58.6 Å². The van der Waals surface area contributed by atoms with Gasteiger partial charge in [0.05, 0.1) is 47.5 Å². The van der Waals surface area contributed by atoms with E-state index in [4.69, 9.17) is 9.72 Å². The highest BCUT2D eigenvalue weighted by Crippen LogP contribution is 2.68. The summed E-state index contributed by atoms with van der Waals surface area (Å²) in [6, 6.07) is 11.9. The standard InChI is InChI=1S/C43H49F2N7O4.5H2S/c1-24(2)26(5)38(53)51-22-41(15-16-41)18-33(51)37-47-30-14-11-28(17-31(30)48-37)8-7-27-9-12-29(13-10-27)32-20-46-36(49-32)34-19-42(21-43(42,44)45)23-52(34)39(54)35(25(3)4)50-40(55)56-6;;;;;/h9-14,17,20,24-26,33-35H,15-16,18-19,21-23H2,1-6H3,(H,46,49)(H,47,48)(H,50,55);5*1H2/t26-,33-,34-,35-,42-;;;;;/m0...../s1. The minimum atomic E-state index is -2.87. The molecule has 2 saturated heterocycles. The van der Waals surface area contributed by atoms with Gasteiger partial charge in [-0.15, -0.1) is 0 Å². The first kappa shape index (κ1) is 51.8. The highest BCUT2D eigenvalue weighted by atomic mass is 32.1. The predicted octanol–water partition coefficient (Wildman–Crippen LogP) is 7.94. The molecule has 8 rings (SSSR count). The molecule has 4 fully saturated rings. The maximum Gasteiger partial charge on any atom is 0.407 e. The fourth-order valence-corrected chi connectivity index (χ4v) is 8.52. The van der Waals surface area contributed by atoms with E-state index in [-0.39, 0.29) is 122 Å². The number of aromatic amines is 2. The fraction of sp³-hybridized carbons (Fsp3) is 0.512. The third-order valence-corrected chi connectivity index (χ3v) is 12.7. The van der Waals surface area contributed by atoms with E-state index in [9.17, 15) is 23.2 Å². The Kier molecular flexibility index (Phi) is 16.6. The van der Waals surface area contributed by atoms with Crippen LogP contribution in [-0.4, -0.2) is 79.8 Å². The molecule has 5 atom stereocenters. The zero-order valence-electron chi connectivity index (χ0n) is 35.2. The van der Waals surface area contributed by atoms with Crippen LogP contribution in [0.5, 0.6) is 0 Å². The van der Waals surface area contributed by atoms with E-state index in [1.807, 2.05) is 49.4 Å². The summed E-state index contributed by atoms with van der Waals surface area (Å²) in [4.78, 5) is 59.1. The second kappa shape index (κ2) is 19.5. The topological polar surface area (TPSA) is 136 Å². The normalized spacial score (nSPS) is 22.1. The minimum Gasteiger partial charge on any atom is -0.453 e. The van der Waals surface area contributed by atoms with Crippen LogP contribution in [0.1, 0.15) is 102 Å². The van der Waals surface area contributed by atoms with Crippen LogP contribution in [0.25, 0.3) is 22.3 Å². The summed E-state index contributed by atoms with van der Waals surface area (Å²) >= 11 is 0. The third kappa shape index (κ3) is 10.0. The quantitative estimate of drug-likeness (QED) is 0.154. The highest BCUT2D eigenvalue weighted by molar-refractivity contribution is 7.60. The minimum absolute atomic E-state index is 0. The van der Waals surface area contributed by atoms with Crippen LogP contribution in [-0.2, 0) is 14.3 Å². The number of nitrogens with one attached hydrogen (secondary N) is 3. The molecule has 2 aliphatic carbocycles. The number of methoxy groups -OCH3 is 1. The van der Waals surface area contributed by atoms with Gasteiger partial charge in [-0.05, 0) is 78.8 Å². The zero-order chi connectivity index (χ0) is 39.7. The average molecular weight is 936 g/mol. The van der Waals surface area contributed by atoms with E-state index in [2.05, 4.69) is 50.9 Å². The molecule has 61 heavy (non-hydrogen) atoms. The van der Waals surface area contributed by atoms with E-state index >= 15 is 0 Å². The van der Waals surface area contributed by atoms with Gasteiger partial charge < -0.3 is 29.8 Å². The average Bonchev–Trinajstić information content (AvgIpc) is 3.60. The summed E-state index contributed by atoms with van der Waals surface area (Å²) in [7, 11) is 1.21. The maximum absolute atomic E-state index is 14.7. The lowest BCUT2D eigenvalue weighted by molar-refractivity contribution is -0.137. The number of H-pyrrole nitrogens is 2. The van der Waals surface area contributed by atoms with E-state index in [0.717, 1.165) is 59.4 Å². The second-order valence-corrected chi connectivity index (χ2v) is 17.3. The molecule has 2 spiro atoms. The van der Waals surface area contributed by atoms with Crippen molar-refractivity contribution < 1.29 is 27.9 Å². The first-order valence-corrected chi connectivity index (χ1v) is 19.6. The van der Waals surface area contributed by atoms with Crippen LogP contribution in [0.2, 0.25) is 0 Å². The van der Waals surface area contributed by atoms with Crippen molar-refractivity contribution in [2.45, 2.75) is 90.8 Å². The zero-order valence-corrected chi connectivity index (χ0v) is 40.2. The fourth-order valence-electron chi connectivity index (χ4n) is 8.52. The summed E-state index contributed by atoms with van der Waals surface area (Å²) in [6.45, 7) is 10.5. The summed E-state index contributed by atoms with van der Waals surface area (Å²) in [5.74, 6) is 4.58. The first-order valence-electron chi connectivity index (χ1n) is 19.6. The Morgan fingerprint density at radius 2 is 1.43 bits per heavy atom. The van der Waals surface area contributed by atoms with E-state index < -0.39 is 35.4 Å². The molecule has 0 bridgehead atoms. The maximum atomic E-state index is 14.7. The number of halogens is 2. The molecule has 334 valence electrons. The van der Waals surface area contributed by atoms with Gasteiger partial charge >= 0.3 is 6.09 Å². The van der Waals surface area contributed by atoms with Gasteiger partial charge in [0, 0.05) is 36.6 Å². The Labute approximate surface area is 391 Å². The Bertz CT molecular complexity index is 2270. The van der Waals surface area contributed by atoms with Crippen molar-refractivity contribution in [1.29, 1.82) is 0 Å². The smallest absolute Gasteiger partial charge is 0.407 e. The number of amides is 3. The van der Waals surface area contributed by atoms with Gasteiger partial charge in [-0.25, -0.2) is 23.5 Å². The number of hydrogen-bond acceptors (Lipinski definition) is 6. The van der Waals surface area contributed by atoms with Crippen LogP contribution in [0.15, 0.2) is 48.7 Å². The van der Waals surface area contributed by atoms with Gasteiger partial charge in [0.15, 0.2) is 0 Å². The van der Waals surface area contributed by atoms with Crippen LogP contribution in [0.3, 0.4) is 0 Å². The number of carbonyl (C=O) groups excluding carboxylic acids is 3. The molecule has 2 aromatic carbocycles. The van der Waals surface area contributed by atoms with Crippen LogP contribution >= 0.6 is 67.5 Å². The Morgan fingerprint density at radius 3 is 2.02 bits per heavy atom. The van der Waals surface area contributed by atoms with Crippen molar-refractivity contribution in [3.05, 3.63) is 71.4 Å². The molecule has 4 aliphatic rings. The van der Waals surface area contributed by atoms with E-state index in [1.54, 1.807) is 20.0 Å². The highest BCUT2D eigenvalue weighted by Gasteiger charge is 2.75. The number of carbonyl (C=O) groups is 3. The summed E-state index contributed by atoms with van der Waals surface area (Å²) in [6.07, 6.45) is 3.94. The van der Waals surface area contributed by atoms with Gasteiger partial charge in [-0.2, -0.15) is 67.5 Å². The molecule has 2 aliphatic heterocycles. The molecule has 4 heterocycles. The number of fused-ring (bicyclic) bond motifs is 1. The number of imidazole rings is 2. The van der Waals surface area contributed by atoms with E-state index in [0.29, 0.717) is 11.5 Å².